The third-order valence-electron chi connectivity index (χ3n) is 4.56. The van der Waals surface area contributed by atoms with E-state index in [1.54, 1.807) is 18.0 Å². The van der Waals surface area contributed by atoms with E-state index in [0.717, 1.165) is 40.7 Å². The van der Waals surface area contributed by atoms with E-state index in [9.17, 15) is 4.79 Å². The third-order valence-corrected chi connectivity index (χ3v) is 5.29. The van der Waals surface area contributed by atoms with Crippen LogP contribution >= 0.6 is 11.8 Å². The molecule has 0 aliphatic rings. The summed E-state index contributed by atoms with van der Waals surface area (Å²) in [4.78, 5) is 21.5. The van der Waals surface area contributed by atoms with Crippen molar-refractivity contribution in [1.29, 1.82) is 0 Å². The van der Waals surface area contributed by atoms with Crippen molar-refractivity contribution < 1.29 is 4.79 Å². The van der Waals surface area contributed by atoms with Gasteiger partial charge in [-0.3, -0.25) is 4.79 Å². The van der Waals surface area contributed by atoms with Crippen molar-refractivity contribution in [3.05, 3.63) is 42.1 Å². The number of carbonyl (C=O) groups is 1. The summed E-state index contributed by atoms with van der Waals surface area (Å²) >= 11 is 1.61. The number of hydrogen-bond acceptors (Lipinski definition) is 6. The predicted molar refractivity (Wildman–Crippen MR) is 123 cm³/mol. The molecule has 0 aliphatic heterocycles. The number of benzene rings is 1. The molecule has 2 heterocycles. The summed E-state index contributed by atoms with van der Waals surface area (Å²) in [6.45, 7) is 8.33. The van der Waals surface area contributed by atoms with Crippen molar-refractivity contribution in [2.75, 3.05) is 24.2 Å². The maximum Gasteiger partial charge on any atom is 0.220 e. The first kappa shape index (κ1) is 22.1. The maximum atomic E-state index is 12.2. The number of nitrogens with one attached hydrogen (secondary N) is 2. The lowest BCUT2D eigenvalue weighted by molar-refractivity contribution is -0.121. The van der Waals surface area contributed by atoms with E-state index < -0.39 is 0 Å². The number of fused-ring (bicyclic) bond motifs is 1. The molecule has 160 valence electrons. The Bertz CT molecular complexity index is 957. The van der Waals surface area contributed by atoms with Gasteiger partial charge in [0.05, 0.1) is 18.1 Å². The topological polar surface area (TPSA) is 84.7 Å². The van der Waals surface area contributed by atoms with Crippen molar-refractivity contribution in [2.45, 2.75) is 45.3 Å². The summed E-state index contributed by atoms with van der Waals surface area (Å²) in [5, 5.41) is 12.5. The second-order valence-electron chi connectivity index (χ2n) is 7.50. The number of aromatic nitrogens is 4. The largest absolute Gasteiger partial charge is 0.369 e. The molecule has 0 spiro atoms. The Labute approximate surface area is 182 Å². The van der Waals surface area contributed by atoms with Crippen molar-refractivity contribution in [1.82, 2.24) is 25.1 Å². The SMILES string of the molecule is CCSc1nc(NCC(C)C)c2cnn(CCNC(=O)CCc3ccccc3)c2n1. The zero-order valence-electron chi connectivity index (χ0n) is 17.9. The third kappa shape index (κ3) is 6.19. The number of amides is 1. The fourth-order valence-electron chi connectivity index (χ4n) is 3.02. The van der Waals surface area contributed by atoms with Crippen LogP contribution in [0.15, 0.2) is 41.7 Å². The van der Waals surface area contributed by atoms with E-state index in [1.165, 1.54) is 5.56 Å². The van der Waals surface area contributed by atoms with Gasteiger partial charge >= 0.3 is 0 Å². The van der Waals surface area contributed by atoms with Gasteiger partial charge in [0.2, 0.25) is 5.91 Å². The summed E-state index contributed by atoms with van der Waals surface area (Å²) in [6.07, 6.45) is 3.02. The summed E-state index contributed by atoms with van der Waals surface area (Å²) in [5.74, 6) is 2.29. The van der Waals surface area contributed by atoms with Gasteiger partial charge < -0.3 is 10.6 Å². The highest BCUT2D eigenvalue weighted by Crippen LogP contribution is 2.24. The molecule has 0 saturated carbocycles. The molecule has 0 aliphatic carbocycles. The molecule has 1 amide bonds. The lowest BCUT2D eigenvalue weighted by Crippen LogP contribution is -2.27. The molecule has 0 unspecified atom stereocenters. The lowest BCUT2D eigenvalue weighted by atomic mass is 10.1. The number of thioether (sulfide) groups is 1. The van der Waals surface area contributed by atoms with Crippen molar-refractivity contribution in [2.24, 2.45) is 5.92 Å². The molecule has 0 saturated heterocycles. The van der Waals surface area contributed by atoms with Crippen LogP contribution in [-0.4, -0.2) is 44.5 Å². The van der Waals surface area contributed by atoms with Gasteiger partial charge in [-0.05, 0) is 23.7 Å². The average molecular weight is 427 g/mol. The van der Waals surface area contributed by atoms with E-state index in [-0.39, 0.29) is 5.91 Å². The smallest absolute Gasteiger partial charge is 0.220 e. The number of rotatable bonds is 11. The van der Waals surface area contributed by atoms with Crippen LogP contribution in [0.5, 0.6) is 0 Å². The lowest BCUT2D eigenvalue weighted by Gasteiger charge is -2.11. The molecular weight excluding hydrogens is 396 g/mol. The molecule has 0 atom stereocenters. The van der Waals surface area contributed by atoms with Crippen LogP contribution in [0.2, 0.25) is 0 Å². The Hall–Kier alpha value is -2.61. The van der Waals surface area contributed by atoms with Crippen LogP contribution in [0.25, 0.3) is 11.0 Å². The van der Waals surface area contributed by atoms with E-state index in [2.05, 4.69) is 46.5 Å². The normalized spacial score (nSPS) is 11.2. The Morgan fingerprint density at radius 2 is 2.00 bits per heavy atom. The summed E-state index contributed by atoms with van der Waals surface area (Å²) in [5.41, 5.74) is 1.97. The number of nitrogens with zero attached hydrogens (tertiary/aromatic N) is 4. The predicted octanol–water partition coefficient (Wildman–Crippen LogP) is 3.76. The molecule has 3 rings (SSSR count). The van der Waals surface area contributed by atoms with Crippen molar-refractivity contribution in [3.63, 3.8) is 0 Å². The summed E-state index contributed by atoms with van der Waals surface area (Å²) in [6, 6.07) is 10.1. The second-order valence-corrected chi connectivity index (χ2v) is 8.73. The molecule has 3 aromatic rings. The monoisotopic (exact) mass is 426 g/mol. The van der Waals surface area contributed by atoms with Crippen LogP contribution in [0.3, 0.4) is 0 Å². The van der Waals surface area contributed by atoms with E-state index >= 15 is 0 Å². The summed E-state index contributed by atoms with van der Waals surface area (Å²) < 4.78 is 1.84. The van der Waals surface area contributed by atoms with Gasteiger partial charge in [-0.1, -0.05) is 62.9 Å². The number of hydrogen-bond donors (Lipinski definition) is 2. The maximum absolute atomic E-state index is 12.2. The Morgan fingerprint density at radius 1 is 1.20 bits per heavy atom. The molecule has 0 bridgehead atoms. The Kier molecular flexibility index (Phi) is 8.07. The van der Waals surface area contributed by atoms with E-state index in [1.807, 2.05) is 35.0 Å². The molecule has 1 aromatic carbocycles. The zero-order chi connectivity index (χ0) is 21.3. The zero-order valence-corrected chi connectivity index (χ0v) is 18.7. The standard InChI is InChI=1S/C22H30N6OS/c1-4-30-22-26-20(24-14-16(2)3)18-15-25-28(21(18)27-22)13-12-23-19(29)11-10-17-8-6-5-7-9-17/h5-9,15-16H,4,10-14H2,1-3H3,(H,23,29)(H,24,26,27). The van der Waals surface area contributed by atoms with Gasteiger partial charge in [0.1, 0.15) is 5.82 Å². The molecule has 2 aromatic heterocycles. The van der Waals surface area contributed by atoms with Crippen LogP contribution in [0, 0.1) is 5.92 Å². The summed E-state index contributed by atoms with van der Waals surface area (Å²) in [7, 11) is 0. The minimum atomic E-state index is 0.0476. The molecule has 0 fully saturated rings. The first-order chi connectivity index (χ1) is 14.6. The van der Waals surface area contributed by atoms with E-state index in [4.69, 9.17) is 0 Å². The molecule has 0 radical (unpaired) electrons. The average Bonchev–Trinajstić information content (AvgIpc) is 3.14. The Morgan fingerprint density at radius 3 is 2.73 bits per heavy atom. The highest BCUT2D eigenvalue weighted by atomic mass is 32.2. The van der Waals surface area contributed by atoms with Gasteiger partial charge in [-0.2, -0.15) is 5.10 Å². The molecular formula is C22H30N6OS. The minimum absolute atomic E-state index is 0.0476. The number of aryl methyl sites for hydroxylation is 1. The first-order valence-corrected chi connectivity index (χ1v) is 11.5. The van der Waals surface area contributed by atoms with Crippen molar-refractivity contribution >= 4 is 34.5 Å². The van der Waals surface area contributed by atoms with Crippen LogP contribution < -0.4 is 10.6 Å². The van der Waals surface area contributed by atoms with Crippen LogP contribution in [-0.2, 0) is 17.8 Å². The first-order valence-electron chi connectivity index (χ1n) is 10.5. The molecule has 30 heavy (non-hydrogen) atoms. The fraction of sp³-hybridized carbons (Fsp3) is 0.455. The van der Waals surface area contributed by atoms with Gasteiger partial charge in [0.25, 0.3) is 0 Å². The molecule has 2 N–H and O–H groups in total. The number of anilines is 1. The van der Waals surface area contributed by atoms with Gasteiger partial charge in [-0.15, -0.1) is 0 Å². The van der Waals surface area contributed by atoms with E-state index in [0.29, 0.717) is 25.4 Å². The van der Waals surface area contributed by atoms with Gasteiger partial charge in [0, 0.05) is 19.5 Å². The van der Waals surface area contributed by atoms with Gasteiger partial charge in [0.15, 0.2) is 10.8 Å². The molecule has 8 heteroatoms. The number of carbonyl (C=O) groups excluding carboxylic acids is 1. The van der Waals surface area contributed by atoms with Crippen molar-refractivity contribution in [3.8, 4) is 0 Å². The van der Waals surface area contributed by atoms with Crippen LogP contribution in [0.4, 0.5) is 5.82 Å². The minimum Gasteiger partial charge on any atom is -0.369 e. The highest BCUT2D eigenvalue weighted by Gasteiger charge is 2.13. The quantitative estimate of drug-likeness (QED) is 0.359. The van der Waals surface area contributed by atoms with Gasteiger partial charge in [-0.25, -0.2) is 14.6 Å². The molecule has 7 nitrogen and oxygen atoms in total. The highest BCUT2D eigenvalue weighted by molar-refractivity contribution is 7.99. The second kappa shape index (κ2) is 11.0. The Balaban J connectivity index is 1.61. The fourth-order valence-corrected chi connectivity index (χ4v) is 3.59. The van der Waals surface area contributed by atoms with Crippen LogP contribution in [0.1, 0.15) is 32.8 Å².